The number of aromatic nitrogens is 4. The molecule has 19 heavy (non-hydrogen) atoms. The lowest BCUT2D eigenvalue weighted by atomic mass is 10.0. The third-order valence-electron chi connectivity index (χ3n) is 3.08. The van der Waals surface area contributed by atoms with Gasteiger partial charge in [-0.15, -0.1) is 0 Å². The second-order valence-electron chi connectivity index (χ2n) is 4.70. The van der Waals surface area contributed by atoms with Gasteiger partial charge >= 0.3 is 0 Å². The summed E-state index contributed by atoms with van der Waals surface area (Å²) in [6.45, 7) is 3.17. The Bertz CT molecular complexity index is 480. The summed E-state index contributed by atoms with van der Waals surface area (Å²) >= 11 is 0. The predicted octanol–water partition coefficient (Wildman–Crippen LogP) is 1.88. The summed E-state index contributed by atoms with van der Waals surface area (Å²) in [5.41, 5.74) is 2.33. The SMILES string of the molecule is CCCNC(CCc1cnn(C)c1)c1ccncn1. The van der Waals surface area contributed by atoms with E-state index in [0.29, 0.717) is 0 Å². The zero-order valence-electron chi connectivity index (χ0n) is 11.6. The first-order chi connectivity index (χ1) is 9.29. The van der Waals surface area contributed by atoms with Crippen LogP contribution in [0.15, 0.2) is 31.0 Å². The molecule has 0 bridgehead atoms. The molecule has 102 valence electrons. The van der Waals surface area contributed by atoms with Gasteiger partial charge in [-0.2, -0.15) is 5.10 Å². The Morgan fingerprint density at radius 1 is 1.42 bits per heavy atom. The molecule has 2 heterocycles. The predicted molar refractivity (Wildman–Crippen MR) is 74.6 cm³/mol. The van der Waals surface area contributed by atoms with Gasteiger partial charge in [0, 0.05) is 25.5 Å². The molecule has 1 unspecified atom stereocenters. The summed E-state index contributed by atoms with van der Waals surface area (Å²) in [4.78, 5) is 8.33. The molecule has 0 aliphatic rings. The van der Waals surface area contributed by atoms with Gasteiger partial charge in [0.05, 0.1) is 11.9 Å². The van der Waals surface area contributed by atoms with Crippen LogP contribution in [-0.2, 0) is 13.5 Å². The van der Waals surface area contributed by atoms with E-state index in [1.807, 2.05) is 24.0 Å². The van der Waals surface area contributed by atoms with Crippen LogP contribution in [0.4, 0.5) is 0 Å². The van der Waals surface area contributed by atoms with E-state index in [2.05, 4.69) is 33.5 Å². The molecule has 0 saturated heterocycles. The average Bonchev–Trinajstić information content (AvgIpc) is 2.86. The molecule has 2 rings (SSSR count). The van der Waals surface area contributed by atoms with Crippen molar-refractivity contribution in [2.45, 2.75) is 32.2 Å². The van der Waals surface area contributed by atoms with Crippen LogP contribution in [0, 0.1) is 0 Å². The van der Waals surface area contributed by atoms with Crippen LogP contribution in [0.5, 0.6) is 0 Å². The molecule has 0 aliphatic heterocycles. The number of nitrogens with zero attached hydrogens (tertiary/aromatic N) is 4. The van der Waals surface area contributed by atoms with Gasteiger partial charge in [-0.25, -0.2) is 9.97 Å². The van der Waals surface area contributed by atoms with Crippen molar-refractivity contribution in [3.05, 3.63) is 42.2 Å². The van der Waals surface area contributed by atoms with Crippen molar-refractivity contribution in [2.24, 2.45) is 7.05 Å². The number of hydrogen-bond acceptors (Lipinski definition) is 4. The van der Waals surface area contributed by atoms with Crippen LogP contribution in [0.3, 0.4) is 0 Å². The molecule has 2 aromatic rings. The Hall–Kier alpha value is -1.75. The van der Waals surface area contributed by atoms with Crippen LogP contribution in [0.1, 0.15) is 37.1 Å². The first-order valence-corrected chi connectivity index (χ1v) is 6.76. The summed E-state index contributed by atoms with van der Waals surface area (Å²) in [7, 11) is 1.95. The van der Waals surface area contributed by atoms with E-state index in [1.165, 1.54) is 5.56 Å². The van der Waals surface area contributed by atoms with Gasteiger partial charge in [0.1, 0.15) is 6.33 Å². The Morgan fingerprint density at radius 3 is 2.95 bits per heavy atom. The van der Waals surface area contributed by atoms with E-state index in [4.69, 9.17) is 0 Å². The topological polar surface area (TPSA) is 55.6 Å². The lowest BCUT2D eigenvalue weighted by molar-refractivity contribution is 0.488. The van der Waals surface area contributed by atoms with Crippen LogP contribution in [0.2, 0.25) is 0 Å². The van der Waals surface area contributed by atoms with Gasteiger partial charge in [-0.1, -0.05) is 6.92 Å². The number of nitrogens with one attached hydrogen (secondary N) is 1. The molecule has 5 heteroatoms. The molecule has 5 nitrogen and oxygen atoms in total. The lowest BCUT2D eigenvalue weighted by Gasteiger charge is -2.17. The zero-order chi connectivity index (χ0) is 13.5. The van der Waals surface area contributed by atoms with Crippen molar-refractivity contribution in [3.63, 3.8) is 0 Å². The van der Waals surface area contributed by atoms with Gasteiger partial charge in [-0.3, -0.25) is 4.68 Å². The molecular weight excluding hydrogens is 238 g/mol. The first kappa shape index (κ1) is 13.7. The lowest BCUT2D eigenvalue weighted by Crippen LogP contribution is -2.23. The van der Waals surface area contributed by atoms with Crippen LogP contribution >= 0.6 is 0 Å². The highest BCUT2D eigenvalue weighted by Crippen LogP contribution is 2.16. The molecule has 0 aliphatic carbocycles. The fourth-order valence-electron chi connectivity index (χ4n) is 2.09. The molecule has 1 N–H and O–H groups in total. The largest absolute Gasteiger partial charge is 0.309 e. The van der Waals surface area contributed by atoms with Crippen LogP contribution in [0.25, 0.3) is 0 Å². The highest BCUT2D eigenvalue weighted by atomic mass is 15.2. The highest BCUT2D eigenvalue weighted by molar-refractivity contribution is 5.08. The Balaban J connectivity index is 1.97. The summed E-state index contributed by atoms with van der Waals surface area (Å²) in [5.74, 6) is 0. The van der Waals surface area contributed by atoms with Gasteiger partial charge in [0.25, 0.3) is 0 Å². The second-order valence-corrected chi connectivity index (χ2v) is 4.70. The standard InChI is InChI=1S/C14H21N5/c1-3-7-16-13(14-6-8-15-11-17-14)5-4-12-9-18-19(2)10-12/h6,8-11,13,16H,3-5,7H2,1-2H3. The van der Waals surface area contributed by atoms with Crippen molar-refractivity contribution in [1.82, 2.24) is 25.1 Å². The maximum Gasteiger partial charge on any atom is 0.115 e. The number of rotatable bonds is 7. The fraction of sp³-hybridized carbons (Fsp3) is 0.500. The zero-order valence-corrected chi connectivity index (χ0v) is 11.6. The van der Waals surface area contributed by atoms with Gasteiger partial charge in [-0.05, 0) is 37.4 Å². The molecule has 1 atom stereocenters. The summed E-state index contributed by atoms with van der Waals surface area (Å²) in [5, 5.41) is 7.75. The van der Waals surface area contributed by atoms with Crippen molar-refractivity contribution in [2.75, 3.05) is 6.54 Å². The Labute approximate surface area is 114 Å². The summed E-state index contributed by atoms with van der Waals surface area (Å²) < 4.78 is 1.84. The van der Waals surface area contributed by atoms with E-state index in [-0.39, 0.29) is 6.04 Å². The molecule has 0 fully saturated rings. The number of hydrogen-bond donors (Lipinski definition) is 1. The molecule has 2 aromatic heterocycles. The van der Waals surface area contributed by atoms with E-state index in [9.17, 15) is 0 Å². The monoisotopic (exact) mass is 259 g/mol. The van der Waals surface area contributed by atoms with Gasteiger partial charge in [0.2, 0.25) is 0 Å². The minimum Gasteiger partial charge on any atom is -0.309 e. The molecule has 0 spiro atoms. The Kier molecular flexibility index (Phi) is 5.03. The smallest absolute Gasteiger partial charge is 0.115 e. The Morgan fingerprint density at radius 2 is 2.32 bits per heavy atom. The molecule has 0 radical (unpaired) electrons. The molecule has 0 saturated carbocycles. The minimum atomic E-state index is 0.281. The van der Waals surface area contributed by atoms with Gasteiger partial charge < -0.3 is 5.32 Å². The van der Waals surface area contributed by atoms with Crippen molar-refractivity contribution in [3.8, 4) is 0 Å². The fourth-order valence-corrected chi connectivity index (χ4v) is 2.09. The van der Waals surface area contributed by atoms with E-state index in [0.717, 1.165) is 31.5 Å². The second kappa shape index (κ2) is 6.99. The van der Waals surface area contributed by atoms with E-state index in [1.54, 1.807) is 12.5 Å². The maximum absolute atomic E-state index is 4.36. The van der Waals surface area contributed by atoms with E-state index >= 15 is 0 Å². The maximum atomic E-state index is 4.36. The van der Waals surface area contributed by atoms with Crippen molar-refractivity contribution >= 4 is 0 Å². The summed E-state index contributed by atoms with van der Waals surface area (Å²) in [6.07, 6.45) is 10.5. The normalized spacial score (nSPS) is 12.5. The molecule has 0 amide bonds. The van der Waals surface area contributed by atoms with Crippen LogP contribution in [-0.4, -0.2) is 26.3 Å². The molecule has 0 aromatic carbocycles. The van der Waals surface area contributed by atoms with Crippen LogP contribution < -0.4 is 5.32 Å². The number of aryl methyl sites for hydroxylation is 2. The van der Waals surface area contributed by atoms with Gasteiger partial charge in [0.15, 0.2) is 0 Å². The van der Waals surface area contributed by atoms with Crippen molar-refractivity contribution in [1.29, 1.82) is 0 Å². The highest BCUT2D eigenvalue weighted by Gasteiger charge is 2.12. The minimum absolute atomic E-state index is 0.281. The van der Waals surface area contributed by atoms with Crippen molar-refractivity contribution < 1.29 is 0 Å². The average molecular weight is 259 g/mol. The van der Waals surface area contributed by atoms with E-state index < -0.39 is 0 Å². The molecular formula is C14H21N5. The third kappa shape index (κ3) is 4.13. The first-order valence-electron chi connectivity index (χ1n) is 6.76. The summed E-state index contributed by atoms with van der Waals surface area (Å²) in [6, 6.07) is 2.26. The quantitative estimate of drug-likeness (QED) is 0.825. The third-order valence-corrected chi connectivity index (χ3v) is 3.08.